The molecule has 1 saturated heterocycles. The summed E-state index contributed by atoms with van der Waals surface area (Å²) in [5, 5.41) is 0.0179. The van der Waals surface area contributed by atoms with E-state index >= 15 is 0 Å². The molecule has 0 bridgehead atoms. The molecule has 1 fully saturated rings. The van der Waals surface area contributed by atoms with Gasteiger partial charge in [0.05, 0.1) is 21.9 Å². The van der Waals surface area contributed by atoms with E-state index in [4.69, 9.17) is 25.6 Å². The monoisotopic (exact) mass is 389 g/mol. The van der Waals surface area contributed by atoms with Crippen LogP contribution < -0.4 is 10.2 Å². The second-order valence-electron chi connectivity index (χ2n) is 8.17. The molecule has 0 saturated carbocycles. The first-order valence-electron chi connectivity index (χ1n) is 9.07. The van der Waals surface area contributed by atoms with E-state index in [0.29, 0.717) is 11.2 Å². The second kappa shape index (κ2) is 6.19. The molecule has 2 atom stereocenters. The van der Waals surface area contributed by atoms with Crippen LogP contribution in [0.3, 0.4) is 0 Å². The molecule has 1 unspecified atom stereocenters. The summed E-state index contributed by atoms with van der Waals surface area (Å²) >= 11 is 6.40. The Kier molecular flexibility index (Phi) is 4.29. The lowest BCUT2D eigenvalue weighted by molar-refractivity contribution is 0.00578. The van der Waals surface area contributed by atoms with Gasteiger partial charge in [-0.15, -0.1) is 0 Å². The summed E-state index contributed by atoms with van der Waals surface area (Å²) in [4.78, 5) is 4.40. The molecule has 0 N–H and O–H groups in total. The van der Waals surface area contributed by atoms with Gasteiger partial charge >= 0.3 is 7.12 Å². The molecule has 0 aliphatic carbocycles. The number of halogens is 2. The second-order valence-corrected chi connectivity index (χ2v) is 8.55. The summed E-state index contributed by atoms with van der Waals surface area (Å²) < 4.78 is 33.0. The standard InChI is InChI=1S/C20H22BClFNO3/c1-11-15-14(25-18(11)13-8-6-7-9-24-13)10-12(23)17(22)16(15)21-26-19(2,3)20(4,5)27-21/h6-11,18H,1-5H3/t11-,18?/m0/s1. The molecule has 2 aliphatic rings. The van der Waals surface area contributed by atoms with Crippen molar-refractivity contribution in [2.24, 2.45) is 0 Å². The van der Waals surface area contributed by atoms with Gasteiger partial charge in [0.25, 0.3) is 0 Å². The molecule has 0 spiro atoms. The predicted octanol–water partition coefficient (Wildman–Crippen LogP) is 4.41. The number of hydrogen-bond acceptors (Lipinski definition) is 4. The first-order valence-corrected chi connectivity index (χ1v) is 9.45. The number of aromatic nitrogens is 1. The molecular weight excluding hydrogens is 367 g/mol. The molecule has 0 radical (unpaired) electrons. The fraction of sp³-hybridized carbons (Fsp3) is 0.450. The number of pyridine rings is 1. The van der Waals surface area contributed by atoms with Crippen molar-refractivity contribution in [1.29, 1.82) is 0 Å². The molecule has 7 heteroatoms. The molecule has 1 aromatic heterocycles. The van der Waals surface area contributed by atoms with Crippen LogP contribution in [-0.4, -0.2) is 23.3 Å². The number of nitrogens with zero attached hydrogens (tertiary/aromatic N) is 1. The third kappa shape index (κ3) is 2.86. The maximum atomic E-state index is 14.6. The smallest absolute Gasteiger partial charge is 0.483 e. The Morgan fingerprint density at radius 1 is 1.15 bits per heavy atom. The zero-order valence-electron chi connectivity index (χ0n) is 16.0. The summed E-state index contributed by atoms with van der Waals surface area (Å²) in [6, 6.07) is 7.00. The van der Waals surface area contributed by atoms with Gasteiger partial charge in [0, 0.05) is 29.2 Å². The van der Waals surface area contributed by atoms with Crippen LogP contribution >= 0.6 is 11.6 Å². The number of ether oxygens (including phenoxy) is 1. The highest BCUT2D eigenvalue weighted by molar-refractivity contribution is 6.66. The van der Waals surface area contributed by atoms with E-state index in [-0.39, 0.29) is 17.0 Å². The van der Waals surface area contributed by atoms with Crippen molar-refractivity contribution in [3.8, 4) is 5.75 Å². The van der Waals surface area contributed by atoms with Crippen LogP contribution in [0.15, 0.2) is 30.5 Å². The van der Waals surface area contributed by atoms with Crippen molar-refractivity contribution in [2.45, 2.75) is 57.8 Å². The molecule has 1 aromatic carbocycles. The zero-order chi connectivity index (χ0) is 19.6. The molecule has 0 amide bonds. The van der Waals surface area contributed by atoms with E-state index in [2.05, 4.69) is 4.98 Å². The minimum Gasteiger partial charge on any atom is -0.483 e. The number of rotatable bonds is 2. The molecule has 2 aliphatic heterocycles. The minimum absolute atomic E-state index is 0.0179. The van der Waals surface area contributed by atoms with Gasteiger partial charge in [-0.05, 0) is 39.8 Å². The first kappa shape index (κ1) is 18.7. The maximum Gasteiger partial charge on any atom is 0.496 e. The van der Waals surface area contributed by atoms with Gasteiger partial charge < -0.3 is 14.0 Å². The van der Waals surface area contributed by atoms with Gasteiger partial charge in [-0.25, -0.2) is 4.39 Å². The SMILES string of the molecule is C[C@H]1c2c(cc(F)c(Cl)c2B2OC(C)(C)C(C)(C)O2)OC1c1ccccn1. The number of fused-ring (bicyclic) bond motifs is 1. The highest BCUT2D eigenvalue weighted by Crippen LogP contribution is 2.47. The molecular formula is C20H22BClFNO3. The minimum atomic E-state index is -0.763. The summed E-state index contributed by atoms with van der Waals surface area (Å²) in [5.41, 5.74) is 1.01. The third-order valence-electron chi connectivity index (χ3n) is 5.89. The average Bonchev–Trinajstić information content (AvgIpc) is 3.02. The normalized spacial score (nSPS) is 25.4. The van der Waals surface area contributed by atoms with Crippen LogP contribution in [0.2, 0.25) is 5.02 Å². The van der Waals surface area contributed by atoms with E-state index in [1.807, 2.05) is 52.8 Å². The van der Waals surface area contributed by atoms with Crippen LogP contribution in [0.4, 0.5) is 4.39 Å². The van der Waals surface area contributed by atoms with E-state index in [0.717, 1.165) is 11.3 Å². The summed E-state index contributed by atoms with van der Waals surface area (Å²) in [7, 11) is -0.763. The summed E-state index contributed by atoms with van der Waals surface area (Å²) in [5.74, 6) is -0.166. The lowest BCUT2D eigenvalue weighted by atomic mass is 9.72. The molecule has 27 heavy (non-hydrogen) atoms. The van der Waals surface area contributed by atoms with Crippen LogP contribution in [-0.2, 0) is 9.31 Å². The van der Waals surface area contributed by atoms with Crippen molar-refractivity contribution in [1.82, 2.24) is 4.98 Å². The fourth-order valence-corrected chi connectivity index (χ4v) is 3.89. The largest absolute Gasteiger partial charge is 0.496 e. The Hall–Kier alpha value is -1.63. The quantitative estimate of drug-likeness (QED) is 0.713. The maximum absolute atomic E-state index is 14.6. The average molecular weight is 390 g/mol. The Balaban J connectivity index is 1.81. The van der Waals surface area contributed by atoms with Gasteiger partial charge in [0.15, 0.2) is 0 Å². The zero-order valence-corrected chi connectivity index (χ0v) is 16.8. The molecule has 4 rings (SSSR count). The van der Waals surface area contributed by atoms with Crippen molar-refractivity contribution in [2.75, 3.05) is 0 Å². The van der Waals surface area contributed by atoms with Gasteiger partial charge in [-0.2, -0.15) is 0 Å². The Bertz CT molecular complexity index is 875. The van der Waals surface area contributed by atoms with E-state index in [1.165, 1.54) is 6.07 Å². The first-order chi connectivity index (χ1) is 12.6. The van der Waals surface area contributed by atoms with Gasteiger partial charge in [-0.1, -0.05) is 24.6 Å². The van der Waals surface area contributed by atoms with Crippen molar-refractivity contribution >= 4 is 24.2 Å². The Labute approximate surface area is 164 Å². The van der Waals surface area contributed by atoms with Gasteiger partial charge in [0.1, 0.15) is 17.7 Å². The van der Waals surface area contributed by atoms with E-state index < -0.39 is 24.1 Å². The van der Waals surface area contributed by atoms with Gasteiger partial charge in [-0.3, -0.25) is 4.98 Å². The molecule has 2 aromatic rings. The lowest BCUT2D eigenvalue weighted by Crippen LogP contribution is -2.41. The van der Waals surface area contributed by atoms with Crippen LogP contribution in [0, 0.1) is 5.82 Å². The molecule has 3 heterocycles. The topological polar surface area (TPSA) is 40.6 Å². The van der Waals surface area contributed by atoms with E-state index in [1.54, 1.807) is 6.20 Å². The third-order valence-corrected chi connectivity index (χ3v) is 6.28. The van der Waals surface area contributed by atoms with E-state index in [9.17, 15) is 4.39 Å². The fourth-order valence-electron chi connectivity index (χ4n) is 3.65. The summed E-state index contributed by atoms with van der Waals surface area (Å²) in [6.45, 7) is 9.84. The lowest BCUT2D eigenvalue weighted by Gasteiger charge is -2.32. The predicted molar refractivity (Wildman–Crippen MR) is 103 cm³/mol. The van der Waals surface area contributed by atoms with Crippen LogP contribution in [0.1, 0.15) is 57.9 Å². The van der Waals surface area contributed by atoms with Crippen molar-refractivity contribution < 1.29 is 18.4 Å². The van der Waals surface area contributed by atoms with Crippen molar-refractivity contribution in [3.05, 3.63) is 52.6 Å². The summed E-state index contributed by atoms with van der Waals surface area (Å²) in [6.07, 6.45) is 1.40. The number of hydrogen-bond donors (Lipinski definition) is 0. The molecule has 4 nitrogen and oxygen atoms in total. The Morgan fingerprint density at radius 3 is 2.41 bits per heavy atom. The molecule has 142 valence electrons. The van der Waals surface area contributed by atoms with Crippen LogP contribution in [0.25, 0.3) is 0 Å². The highest BCUT2D eigenvalue weighted by atomic mass is 35.5. The highest BCUT2D eigenvalue weighted by Gasteiger charge is 2.54. The van der Waals surface area contributed by atoms with Crippen LogP contribution in [0.5, 0.6) is 5.75 Å². The van der Waals surface area contributed by atoms with Crippen molar-refractivity contribution in [3.63, 3.8) is 0 Å². The number of benzene rings is 1. The Morgan fingerprint density at radius 2 is 1.81 bits per heavy atom. The van der Waals surface area contributed by atoms with Gasteiger partial charge in [0.2, 0.25) is 0 Å².